The number of amides is 1. The summed E-state index contributed by atoms with van der Waals surface area (Å²) >= 11 is 0. The zero-order chi connectivity index (χ0) is 11.3. The van der Waals surface area contributed by atoms with Crippen LogP contribution in [0.3, 0.4) is 0 Å². The minimum absolute atomic E-state index is 0.150. The molecule has 0 aromatic carbocycles. The molecule has 1 rings (SSSR count). The fraction of sp³-hybridized carbons (Fsp3) is 0.500. The predicted molar refractivity (Wildman–Crippen MR) is 57.2 cm³/mol. The van der Waals surface area contributed by atoms with Crippen LogP contribution in [0.1, 0.15) is 30.6 Å². The minimum Gasteiger partial charge on any atom is -0.347 e. The second-order valence-corrected chi connectivity index (χ2v) is 4.01. The van der Waals surface area contributed by atoms with Gasteiger partial charge in [0.2, 0.25) is 0 Å². The average Bonchev–Trinajstić information content (AvgIpc) is 2.18. The molecule has 0 saturated carbocycles. The van der Waals surface area contributed by atoms with Gasteiger partial charge in [-0.3, -0.25) is 4.79 Å². The standard InChI is InChI=1S/C10H16N4O/c1-10(2,4-5-11)14-9(15)8-3-6-12-13-7-8/h3,6-7H,4-5,11H2,1-2H3,(H,14,15). The van der Waals surface area contributed by atoms with Gasteiger partial charge in [-0.2, -0.15) is 10.2 Å². The molecule has 82 valence electrons. The van der Waals surface area contributed by atoms with Crippen LogP contribution < -0.4 is 11.1 Å². The molecule has 5 nitrogen and oxygen atoms in total. The number of hydrogen-bond acceptors (Lipinski definition) is 4. The van der Waals surface area contributed by atoms with Gasteiger partial charge in [-0.1, -0.05) is 0 Å². The average molecular weight is 208 g/mol. The lowest BCUT2D eigenvalue weighted by Crippen LogP contribution is -2.44. The summed E-state index contributed by atoms with van der Waals surface area (Å²) in [6.07, 6.45) is 3.66. The molecule has 0 spiro atoms. The molecular weight excluding hydrogens is 192 g/mol. The van der Waals surface area contributed by atoms with E-state index in [1.54, 1.807) is 6.07 Å². The summed E-state index contributed by atoms with van der Waals surface area (Å²) in [6, 6.07) is 1.63. The van der Waals surface area contributed by atoms with Crippen molar-refractivity contribution in [2.24, 2.45) is 5.73 Å². The quantitative estimate of drug-likeness (QED) is 0.747. The monoisotopic (exact) mass is 208 g/mol. The van der Waals surface area contributed by atoms with E-state index in [1.807, 2.05) is 13.8 Å². The van der Waals surface area contributed by atoms with E-state index >= 15 is 0 Å². The van der Waals surface area contributed by atoms with Gasteiger partial charge >= 0.3 is 0 Å². The zero-order valence-corrected chi connectivity index (χ0v) is 9.03. The molecule has 0 aliphatic heterocycles. The molecule has 1 aromatic heterocycles. The van der Waals surface area contributed by atoms with Gasteiger partial charge in [-0.15, -0.1) is 0 Å². The van der Waals surface area contributed by atoms with Crippen LogP contribution in [0.4, 0.5) is 0 Å². The van der Waals surface area contributed by atoms with Crippen LogP contribution in [0.5, 0.6) is 0 Å². The Morgan fingerprint density at radius 2 is 2.27 bits per heavy atom. The van der Waals surface area contributed by atoms with Crippen molar-refractivity contribution in [2.75, 3.05) is 6.54 Å². The van der Waals surface area contributed by atoms with E-state index in [4.69, 9.17) is 5.73 Å². The molecule has 0 aliphatic rings. The lowest BCUT2D eigenvalue weighted by Gasteiger charge is -2.25. The number of nitrogens with one attached hydrogen (secondary N) is 1. The van der Waals surface area contributed by atoms with Crippen molar-refractivity contribution in [2.45, 2.75) is 25.8 Å². The summed E-state index contributed by atoms with van der Waals surface area (Å²) in [5.74, 6) is -0.150. The Morgan fingerprint density at radius 1 is 1.53 bits per heavy atom. The van der Waals surface area contributed by atoms with Crippen LogP contribution in [0.15, 0.2) is 18.5 Å². The van der Waals surface area contributed by atoms with Crippen molar-refractivity contribution in [3.8, 4) is 0 Å². The summed E-state index contributed by atoms with van der Waals surface area (Å²) in [6.45, 7) is 4.42. The van der Waals surface area contributed by atoms with Crippen molar-refractivity contribution < 1.29 is 4.79 Å². The third-order valence-electron chi connectivity index (χ3n) is 2.07. The SMILES string of the molecule is CC(C)(CCN)NC(=O)c1ccnnc1. The smallest absolute Gasteiger partial charge is 0.253 e. The lowest BCUT2D eigenvalue weighted by molar-refractivity contribution is 0.0910. The second kappa shape index (κ2) is 4.84. The van der Waals surface area contributed by atoms with Crippen LogP contribution in [0.2, 0.25) is 0 Å². The maximum atomic E-state index is 11.7. The summed E-state index contributed by atoms with van der Waals surface area (Å²) in [7, 11) is 0. The summed E-state index contributed by atoms with van der Waals surface area (Å²) in [5, 5.41) is 10.1. The molecule has 1 aromatic rings. The van der Waals surface area contributed by atoms with Gasteiger partial charge in [-0.25, -0.2) is 0 Å². The molecule has 0 unspecified atom stereocenters. The zero-order valence-electron chi connectivity index (χ0n) is 9.03. The first-order valence-electron chi connectivity index (χ1n) is 4.84. The van der Waals surface area contributed by atoms with Gasteiger partial charge in [0.15, 0.2) is 0 Å². The molecule has 1 amide bonds. The molecule has 0 aliphatic carbocycles. The van der Waals surface area contributed by atoms with E-state index in [-0.39, 0.29) is 11.4 Å². The highest BCUT2D eigenvalue weighted by atomic mass is 16.1. The Balaban J connectivity index is 2.64. The number of aromatic nitrogens is 2. The van der Waals surface area contributed by atoms with Gasteiger partial charge in [0, 0.05) is 5.54 Å². The van der Waals surface area contributed by atoms with Crippen molar-refractivity contribution in [3.63, 3.8) is 0 Å². The third-order valence-corrected chi connectivity index (χ3v) is 2.07. The van der Waals surface area contributed by atoms with E-state index in [0.717, 1.165) is 6.42 Å². The van der Waals surface area contributed by atoms with Gasteiger partial charge in [0.05, 0.1) is 18.0 Å². The maximum absolute atomic E-state index is 11.7. The number of rotatable bonds is 4. The van der Waals surface area contributed by atoms with Crippen LogP contribution in [-0.2, 0) is 0 Å². The first kappa shape index (κ1) is 11.6. The Hall–Kier alpha value is -1.49. The number of carbonyl (C=O) groups excluding carboxylic acids is 1. The van der Waals surface area contributed by atoms with Crippen LogP contribution in [0.25, 0.3) is 0 Å². The molecule has 5 heteroatoms. The minimum atomic E-state index is -0.297. The van der Waals surface area contributed by atoms with E-state index in [0.29, 0.717) is 12.1 Å². The fourth-order valence-corrected chi connectivity index (χ4v) is 1.23. The van der Waals surface area contributed by atoms with Crippen LogP contribution >= 0.6 is 0 Å². The third kappa shape index (κ3) is 3.63. The van der Waals surface area contributed by atoms with Crippen LogP contribution in [0, 0.1) is 0 Å². The van der Waals surface area contributed by atoms with Crippen molar-refractivity contribution >= 4 is 5.91 Å². The molecule has 15 heavy (non-hydrogen) atoms. The predicted octanol–water partition coefficient (Wildman–Crippen LogP) is 0.334. The van der Waals surface area contributed by atoms with E-state index in [9.17, 15) is 4.79 Å². The van der Waals surface area contributed by atoms with E-state index in [2.05, 4.69) is 15.5 Å². The van der Waals surface area contributed by atoms with Crippen molar-refractivity contribution in [1.29, 1.82) is 0 Å². The van der Waals surface area contributed by atoms with Crippen molar-refractivity contribution in [3.05, 3.63) is 24.0 Å². The van der Waals surface area contributed by atoms with Gasteiger partial charge in [0.25, 0.3) is 5.91 Å². The number of nitrogens with zero attached hydrogens (tertiary/aromatic N) is 2. The van der Waals surface area contributed by atoms with Crippen molar-refractivity contribution in [1.82, 2.24) is 15.5 Å². The lowest BCUT2D eigenvalue weighted by atomic mass is 10.0. The van der Waals surface area contributed by atoms with Gasteiger partial charge in [-0.05, 0) is 32.9 Å². The number of hydrogen-bond donors (Lipinski definition) is 2. The summed E-state index contributed by atoms with van der Waals surface area (Å²) in [5.41, 5.74) is 5.67. The highest BCUT2D eigenvalue weighted by Gasteiger charge is 2.20. The molecule has 0 atom stereocenters. The number of nitrogens with two attached hydrogens (primary N) is 1. The largest absolute Gasteiger partial charge is 0.347 e. The highest BCUT2D eigenvalue weighted by Crippen LogP contribution is 2.08. The maximum Gasteiger partial charge on any atom is 0.253 e. The van der Waals surface area contributed by atoms with E-state index < -0.39 is 0 Å². The normalized spacial score (nSPS) is 11.1. The first-order chi connectivity index (χ1) is 7.05. The first-order valence-corrected chi connectivity index (χ1v) is 4.84. The van der Waals surface area contributed by atoms with Crippen LogP contribution in [-0.4, -0.2) is 28.2 Å². The van der Waals surface area contributed by atoms with E-state index in [1.165, 1.54) is 12.4 Å². The van der Waals surface area contributed by atoms with Gasteiger partial charge < -0.3 is 11.1 Å². The number of carbonyl (C=O) groups is 1. The Kier molecular flexibility index (Phi) is 3.74. The molecule has 0 radical (unpaired) electrons. The summed E-state index contributed by atoms with van der Waals surface area (Å²) in [4.78, 5) is 11.7. The molecule has 0 fully saturated rings. The fourth-order valence-electron chi connectivity index (χ4n) is 1.23. The second-order valence-electron chi connectivity index (χ2n) is 4.01. The molecule has 1 heterocycles. The topological polar surface area (TPSA) is 80.9 Å². The summed E-state index contributed by atoms with van der Waals surface area (Å²) < 4.78 is 0. The Labute approximate surface area is 89.1 Å². The highest BCUT2D eigenvalue weighted by molar-refractivity contribution is 5.94. The molecule has 0 bridgehead atoms. The molecular formula is C10H16N4O. The van der Waals surface area contributed by atoms with Gasteiger partial charge in [0.1, 0.15) is 0 Å². The molecule has 3 N–H and O–H groups in total. The molecule has 0 saturated heterocycles. The Morgan fingerprint density at radius 3 is 2.80 bits per heavy atom. The Bertz CT molecular complexity index is 323.